The van der Waals surface area contributed by atoms with E-state index in [-0.39, 0.29) is 5.76 Å². The number of hydrogen-bond donors (Lipinski definition) is 2. The van der Waals surface area contributed by atoms with Crippen LogP contribution in [-0.4, -0.2) is 23.5 Å². The van der Waals surface area contributed by atoms with Crippen molar-refractivity contribution < 1.29 is 19.1 Å². The number of nitrogens with zero attached hydrogens (tertiary/aromatic N) is 1. The predicted octanol–water partition coefficient (Wildman–Crippen LogP) is 1.59. The van der Waals surface area contributed by atoms with Crippen molar-refractivity contribution in [2.45, 2.75) is 0 Å². The maximum Gasteiger partial charge on any atom is 0.323 e. The Bertz CT molecular complexity index is 592. The highest BCUT2D eigenvalue weighted by Crippen LogP contribution is 2.24. The topological polar surface area (TPSA) is 96.8 Å². The summed E-state index contributed by atoms with van der Waals surface area (Å²) in [5, 5.41) is 8.92. The molecule has 0 saturated carbocycles. The van der Waals surface area contributed by atoms with E-state index in [1.54, 1.807) is 30.3 Å². The highest BCUT2D eigenvalue weighted by atomic mass is 16.4. The number of carboxylic acids is 1. The first-order valence-electron chi connectivity index (χ1n) is 5.51. The largest absolute Gasteiger partial charge is 0.480 e. The molecule has 1 heterocycles. The fourth-order valence-electron chi connectivity index (χ4n) is 1.67. The maximum atomic E-state index is 12.2. The van der Waals surface area contributed by atoms with Gasteiger partial charge < -0.3 is 15.3 Å². The van der Waals surface area contributed by atoms with Gasteiger partial charge in [0.25, 0.3) is 5.91 Å². The van der Waals surface area contributed by atoms with Crippen LogP contribution in [0.25, 0.3) is 0 Å². The molecule has 0 atom stereocenters. The van der Waals surface area contributed by atoms with Gasteiger partial charge in [-0.25, -0.2) is 0 Å². The van der Waals surface area contributed by atoms with Gasteiger partial charge in [0.2, 0.25) is 0 Å². The third kappa shape index (κ3) is 2.74. The smallest absolute Gasteiger partial charge is 0.323 e. The number of carbonyl (C=O) groups excluding carboxylic acids is 1. The second-order valence-electron chi connectivity index (χ2n) is 3.82. The van der Waals surface area contributed by atoms with Crippen molar-refractivity contribution in [1.82, 2.24) is 0 Å². The molecule has 6 nitrogen and oxygen atoms in total. The second kappa shape index (κ2) is 5.26. The number of para-hydroxylation sites is 2. The van der Waals surface area contributed by atoms with Crippen LogP contribution in [0.2, 0.25) is 0 Å². The van der Waals surface area contributed by atoms with Crippen molar-refractivity contribution in [2.24, 2.45) is 0 Å². The molecule has 0 saturated heterocycles. The summed E-state index contributed by atoms with van der Waals surface area (Å²) in [6.07, 6.45) is 1.35. The molecule has 0 unspecified atom stereocenters. The number of nitrogens with two attached hydrogens (primary N) is 1. The fourth-order valence-corrected chi connectivity index (χ4v) is 1.67. The van der Waals surface area contributed by atoms with Crippen molar-refractivity contribution in [3.63, 3.8) is 0 Å². The minimum absolute atomic E-state index is 0.0597. The van der Waals surface area contributed by atoms with Crippen LogP contribution in [0.15, 0.2) is 47.1 Å². The quantitative estimate of drug-likeness (QED) is 0.814. The van der Waals surface area contributed by atoms with Gasteiger partial charge in [-0.2, -0.15) is 0 Å². The molecule has 2 rings (SSSR count). The standard InChI is InChI=1S/C13H12N2O4/c14-9-4-1-2-5-10(9)15(8-12(16)17)13(18)11-6-3-7-19-11/h1-7H,8,14H2,(H,16,17). The molecule has 0 bridgehead atoms. The lowest BCUT2D eigenvalue weighted by Gasteiger charge is -2.21. The lowest BCUT2D eigenvalue weighted by molar-refractivity contribution is -0.135. The number of nitrogen functional groups attached to an aromatic ring is 1. The van der Waals surface area contributed by atoms with Gasteiger partial charge in [0.1, 0.15) is 6.54 Å². The average Bonchev–Trinajstić information content (AvgIpc) is 2.90. The van der Waals surface area contributed by atoms with Crippen LogP contribution < -0.4 is 10.6 Å². The van der Waals surface area contributed by atoms with Gasteiger partial charge in [0.05, 0.1) is 17.6 Å². The molecule has 1 amide bonds. The van der Waals surface area contributed by atoms with E-state index in [2.05, 4.69) is 0 Å². The minimum Gasteiger partial charge on any atom is -0.480 e. The van der Waals surface area contributed by atoms with E-state index in [0.29, 0.717) is 11.4 Å². The van der Waals surface area contributed by atoms with Crippen molar-refractivity contribution in [1.29, 1.82) is 0 Å². The zero-order valence-electron chi connectivity index (χ0n) is 9.95. The van der Waals surface area contributed by atoms with Crippen LogP contribution in [-0.2, 0) is 4.79 Å². The molecule has 0 fully saturated rings. The summed E-state index contributed by atoms with van der Waals surface area (Å²) >= 11 is 0. The Morgan fingerprint density at radius 3 is 2.53 bits per heavy atom. The molecule has 0 radical (unpaired) electrons. The van der Waals surface area contributed by atoms with Crippen LogP contribution in [0.3, 0.4) is 0 Å². The summed E-state index contributed by atoms with van der Waals surface area (Å²) in [4.78, 5) is 24.2. The zero-order chi connectivity index (χ0) is 13.8. The van der Waals surface area contributed by atoms with E-state index in [1.807, 2.05) is 0 Å². The molecule has 98 valence electrons. The Morgan fingerprint density at radius 2 is 1.95 bits per heavy atom. The molecule has 3 N–H and O–H groups in total. The Kier molecular flexibility index (Phi) is 3.51. The molecule has 0 aliphatic carbocycles. The van der Waals surface area contributed by atoms with Crippen molar-refractivity contribution >= 4 is 23.3 Å². The first kappa shape index (κ1) is 12.7. The van der Waals surface area contributed by atoms with Crippen LogP contribution in [0.4, 0.5) is 11.4 Å². The van der Waals surface area contributed by atoms with E-state index in [0.717, 1.165) is 4.90 Å². The Morgan fingerprint density at radius 1 is 1.21 bits per heavy atom. The fraction of sp³-hybridized carbons (Fsp3) is 0.0769. The maximum absolute atomic E-state index is 12.2. The first-order chi connectivity index (χ1) is 9.09. The number of carbonyl (C=O) groups is 2. The Hall–Kier alpha value is -2.76. The van der Waals surface area contributed by atoms with E-state index < -0.39 is 18.4 Å². The molecule has 1 aromatic heterocycles. The van der Waals surface area contributed by atoms with E-state index in [1.165, 1.54) is 12.3 Å². The minimum atomic E-state index is -1.14. The van der Waals surface area contributed by atoms with Crippen LogP contribution >= 0.6 is 0 Å². The van der Waals surface area contributed by atoms with Crippen molar-refractivity contribution in [2.75, 3.05) is 17.2 Å². The van der Waals surface area contributed by atoms with Gasteiger partial charge in [-0.15, -0.1) is 0 Å². The van der Waals surface area contributed by atoms with Gasteiger partial charge in [0.15, 0.2) is 5.76 Å². The number of benzene rings is 1. The van der Waals surface area contributed by atoms with E-state index in [4.69, 9.17) is 15.3 Å². The number of furan rings is 1. The normalized spacial score (nSPS) is 10.1. The number of aliphatic carboxylic acids is 1. The van der Waals surface area contributed by atoms with Gasteiger partial charge in [-0.1, -0.05) is 12.1 Å². The lowest BCUT2D eigenvalue weighted by atomic mass is 10.2. The number of rotatable bonds is 4. The van der Waals surface area contributed by atoms with Gasteiger partial charge >= 0.3 is 5.97 Å². The summed E-state index contributed by atoms with van der Waals surface area (Å²) < 4.78 is 4.99. The Balaban J connectivity index is 2.39. The van der Waals surface area contributed by atoms with Crippen LogP contribution in [0, 0.1) is 0 Å². The molecule has 1 aromatic carbocycles. The number of anilines is 2. The van der Waals surface area contributed by atoms with Crippen molar-refractivity contribution in [3.05, 3.63) is 48.4 Å². The SMILES string of the molecule is Nc1ccccc1N(CC(=O)O)C(=O)c1ccco1. The first-order valence-corrected chi connectivity index (χ1v) is 5.51. The molecule has 2 aromatic rings. The van der Waals surface area contributed by atoms with E-state index in [9.17, 15) is 9.59 Å². The van der Waals surface area contributed by atoms with Crippen molar-refractivity contribution in [3.8, 4) is 0 Å². The third-order valence-corrected chi connectivity index (χ3v) is 2.50. The molecule has 19 heavy (non-hydrogen) atoms. The van der Waals surface area contributed by atoms with Gasteiger partial charge in [-0.3, -0.25) is 14.5 Å². The molecular formula is C13H12N2O4. The monoisotopic (exact) mass is 260 g/mol. The van der Waals surface area contributed by atoms with Crippen LogP contribution in [0.1, 0.15) is 10.6 Å². The number of amides is 1. The second-order valence-corrected chi connectivity index (χ2v) is 3.82. The van der Waals surface area contributed by atoms with Gasteiger partial charge in [-0.05, 0) is 24.3 Å². The lowest BCUT2D eigenvalue weighted by Crippen LogP contribution is -2.36. The summed E-state index contributed by atoms with van der Waals surface area (Å²) in [6, 6.07) is 9.58. The Labute approximate surface area is 109 Å². The molecular weight excluding hydrogens is 248 g/mol. The molecule has 0 aliphatic rings. The third-order valence-electron chi connectivity index (χ3n) is 2.50. The summed E-state index contributed by atoms with van der Waals surface area (Å²) in [6.45, 7) is -0.492. The highest BCUT2D eigenvalue weighted by Gasteiger charge is 2.23. The number of hydrogen-bond acceptors (Lipinski definition) is 4. The van der Waals surface area contributed by atoms with Crippen LogP contribution in [0.5, 0.6) is 0 Å². The molecule has 6 heteroatoms. The summed E-state index contributed by atoms with van der Waals surface area (Å²) in [5.74, 6) is -1.63. The zero-order valence-corrected chi connectivity index (χ0v) is 9.95. The summed E-state index contributed by atoms with van der Waals surface area (Å²) in [7, 11) is 0. The van der Waals surface area contributed by atoms with E-state index >= 15 is 0 Å². The molecule has 0 aliphatic heterocycles. The predicted molar refractivity (Wildman–Crippen MR) is 68.9 cm³/mol. The highest BCUT2D eigenvalue weighted by molar-refractivity contribution is 6.08. The number of carboxylic acid groups (broad SMARTS) is 1. The molecule has 0 spiro atoms. The van der Waals surface area contributed by atoms with Gasteiger partial charge in [0, 0.05) is 0 Å². The summed E-state index contributed by atoms with van der Waals surface area (Å²) in [5.41, 5.74) is 6.43. The average molecular weight is 260 g/mol.